The van der Waals surface area contributed by atoms with Crippen LogP contribution in [0.2, 0.25) is 0 Å². The maximum atomic E-state index is 10.8. The van der Waals surface area contributed by atoms with Crippen LogP contribution in [-0.4, -0.2) is 17.7 Å². The van der Waals surface area contributed by atoms with Gasteiger partial charge in [-0.2, -0.15) is 0 Å². The molecule has 1 N–H and O–H groups in total. The number of ether oxygens (including phenoxy) is 1. The van der Waals surface area contributed by atoms with E-state index < -0.39 is 5.97 Å². The van der Waals surface area contributed by atoms with E-state index in [1.165, 1.54) is 19.3 Å². The van der Waals surface area contributed by atoms with Gasteiger partial charge in [0.1, 0.15) is 5.75 Å². The number of aromatic carboxylic acids is 1. The lowest BCUT2D eigenvalue weighted by atomic mass is 9.86. The Balaban J connectivity index is 1.99. The molecule has 0 atom stereocenters. The van der Waals surface area contributed by atoms with Gasteiger partial charge in [0.25, 0.3) is 0 Å². The topological polar surface area (TPSA) is 46.5 Å². The molecule has 4 heteroatoms. The van der Waals surface area contributed by atoms with Crippen LogP contribution in [0.1, 0.15) is 29.6 Å². The summed E-state index contributed by atoms with van der Waals surface area (Å²) in [6.07, 6.45) is 3.79. The van der Waals surface area contributed by atoms with E-state index in [0.717, 1.165) is 12.4 Å². The Morgan fingerprint density at radius 2 is 2.25 bits per heavy atom. The quantitative estimate of drug-likeness (QED) is 0.923. The molecule has 86 valence electrons. The van der Waals surface area contributed by atoms with Crippen molar-refractivity contribution in [1.82, 2.24) is 0 Å². The third-order valence-electron chi connectivity index (χ3n) is 2.88. The van der Waals surface area contributed by atoms with Gasteiger partial charge in [-0.15, -0.1) is 0 Å². The highest BCUT2D eigenvalue weighted by atomic mass is 79.9. The summed E-state index contributed by atoms with van der Waals surface area (Å²) < 4.78 is 6.16. The van der Waals surface area contributed by atoms with Crippen molar-refractivity contribution in [1.29, 1.82) is 0 Å². The summed E-state index contributed by atoms with van der Waals surface area (Å²) in [6, 6.07) is 4.97. The first-order chi connectivity index (χ1) is 7.66. The first kappa shape index (κ1) is 11.5. The van der Waals surface area contributed by atoms with Crippen LogP contribution in [0.15, 0.2) is 22.7 Å². The number of carboxylic acids is 1. The summed E-state index contributed by atoms with van der Waals surface area (Å²) in [6.45, 7) is 0.735. The van der Waals surface area contributed by atoms with E-state index in [-0.39, 0.29) is 5.56 Å². The first-order valence-electron chi connectivity index (χ1n) is 5.32. The number of halogens is 1. The molecule has 1 aromatic rings. The molecular formula is C12H13BrO3. The van der Waals surface area contributed by atoms with Gasteiger partial charge in [0.05, 0.1) is 12.2 Å². The second kappa shape index (κ2) is 4.87. The Morgan fingerprint density at radius 1 is 1.50 bits per heavy atom. The van der Waals surface area contributed by atoms with Crippen molar-refractivity contribution >= 4 is 21.9 Å². The van der Waals surface area contributed by atoms with Crippen molar-refractivity contribution in [3.63, 3.8) is 0 Å². The van der Waals surface area contributed by atoms with E-state index in [0.29, 0.717) is 10.4 Å². The molecular weight excluding hydrogens is 272 g/mol. The molecule has 0 aromatic heterocycles. The molecule has 0 radical (unpaired) electrons. The lowest BCUT2D eigenvalue weighted by Crippen LogP contribution is -2.19. The summed E-state index contributed by atoms with van der Waals surface area (Å²) in [5.41, 5.74) is 0.260. The molecule has 3 nitrogen and oxygen atoms in total. The Morgan fingerprint density at radius 3 is 2.75 bits per heavy atom. The zero-order valence-electron chi connectivity index (χ0n) is 8.78. The molecule has 0 heterocycles. The lowest BCUT2D eigenvalue weighted by molar-refractivity contribution is 0.0696. The van der Waals surface area contributed by atoms with Crippen LogP contribution >= 0.6 is 15.9 Å². The zero-order chi connectivity index (χ0) is 11.5. The zero-order valence-corrected chi connectivity index (χ0v) is 10.4. The Hall–Kier alpha value is -1.03. The molecule has 1 aliphatic rings. The lowest BCUT2D eigenvalue weighted by Gasteiger charge is -2.25. The fraction of sp³-hybridized carbons (Fsp3) is 0.417. The standard InChI is InChI=1S/C12H13BrO3/c13-11-6-9(4-5-10(11)12(14)15)16-7-8-2-1-3-8/h4-6,8H,1-3,7H2,(H,14,15). The van der Waals surface area contributed by atoms with Gasteiger partial charge in [0, 0.05) is 4.47 Å². The van der Waals surface area contributed by atoms with E-state index in [1.54, 1.807) is 18.2 Å². The molecule has 0 unspecified atom stereocenters. The SMILES string of the molecule is O=C(O)c1ccc(OCC2CCC2)cc1Br. The number of rotatable bonds is 4. The predicted molar refractivity (Wildman–Crippen MR) is 63.9 cm³/mol. The first-order valence-corrected chi connectivity index (χ1v) is 6.12. The highest BCUT2D eigenvalue weighted by Gasteiger charge is 2.18. The molecule has 0 saturated heterocycles. The van der Waals surface area contributed by atoms with Gasteiger partial charge in [-0.05, 0) is 52.9 Å². The van der Waals surface area contributed by atoms with Crippen LogP contribution in [0.3, 0.4) is 0 Å². The highest BCUT2D eigenvalue weighted by Crippen LogP contribution is 2.28. The van der Waals surface area contributed by atoms with E-state index >= 15 is 0 Å². The average Bonchev–Trinajstić information content (AvgIpc) is 2.14. The van der Waals surface area contributed by atoms with Gasteiger partial charge < -0.3 is 9.84 Å². The number of carboxylic acid groups (broad SMARTS) is 1. The van der Waals surface area contributed by atoms with Gasteiger partial charge in [-0.25, -0.2) is 4.79 Å². The molecule has 1 saturated carbocycles. The average molecular weight is 285 g/mol. The Labute approximate surface area is 103 Å². The maximum absolute atomic E-state index is 10.8. The second-order valence-corrected chi connectivity index (χ2v) is 4.91. The number of carbonyl (C=O) groups is 1. The van der Waals surface area contributed by atoms with Crippen molar-refractivity contribution in [2.75, 3.05) is 6.61 Å². The molecule has 1 aliphatic carbocycles. The molecule has 1 fully saturated rings. The van der Waals surface area contributed by atoms with Crippen LogP contribution in [0.5, 0.6) is 5.75 Å². The van der Waals surface area contributed by atoms with Gasteiger partial charge in [0.2, 0.25) is 0 Å². The minimum Gasteiger partial charge on any atom is -0.493 e. The second-order valence-electron chi connectivity index (χ2n) is 4.05. The summed E-state index contributed by atoms with van der Waals surface area (Å²) >= 11 is 3.22. The third-order valence-corrected chi connectivity index (χ3v) is 3.54. The van der Waals surface area contributed by atoms with E-state index in [9.17, 15) is 4.79 Å². The minimum absolute atomic E-state index is 0.260. The van der Waals surface area contributed by atoms with Gasteiger partial charge >= 0.3 is 5.97 Å². The molecule has 16 heavy (non-hydrogen) atoms. The van der Waals surface area contributed by atoms with Crippen LogP contribution < -0.4 is 4.74 Å². The summed E-state index contributed by atoms with van der Waals surface area (Å²) in [4.78, 5) is 10.8. The molecule has 0 aliphatic heterocycles. The maximum Gasteiger partial charge on any atom is 0.336 e. The molecule has 1 aromatic carbocycles. The van der Waals surface area contributed by atoms with Crippen molar-refractivity contribution in [2.24, 2.45) is 5.92 Å². The fourth-order valence-electron chi connectivity index (χ4n) is 1.63. The van der Waals surface area contributed by atoms with Gasteiger partial charge in [0.15, 0.2) is 0 Å². The van der Waals surface area contributed by atoms with Crippen molar-refractivity contribution in [3.05, 3.63) is 28.2 Å². The Bertz CT molecular complexity index is 399. The number of benzene rings is 1. The van der Waals surface area contributed by atoms with Crippen molar-refractivity contribution in [2.45, 2.75) is 19.3 Å². The van der Waals surface area contributed by atoms with E-state index in [4.69, 9.17) is 9.84 Å². The van der Waals surface area contributed by atoms with Crippen LogP contribution in [0.4, 0.5) is 0 Å². The molecule has 0 spiro atoms. The molecule has 2 rings (SSSR count). The predicted octanol–water partition coefficient (Wildman–Crippen LogP) is 3.33. The van der Waals surface area contributed by atoms with Gasteiger partial charge in [-0.3, -0.25) is 0 Å². The summed E-state index contributed by atoms with van der Waals surface area (Å²) in [5, 5.41) is 8.85. The Kier molecular flexibility index (Phi) is 3.49. The number of hydrogen-bond acceptors (Lipinski definition) is 2. The van der Waals surface area contributed by atoms with Crippen molar-refractivity contribution < 1.29 is 14.6 Å². The summed E-state index contributed by atoms with van der Waals surface area (Å²) in [7, 11) is 0. The summed E-state index contributed by atoms with van der Waals surface area (Å²) in [5.74, 6) is 0.471. The van der Waals surface area contributed by atoms with Crippen LogP contribution in [0.25, 0.3) is 0 Å². The fourth-order valence-corrected chi connectivity index (χ4v) is 2.16. The van der Waals surface area contributed by atoms with Crippen LogP contribution in [-0.2, 0) is 0 Å². The van der Waals surface area contributed by atoms with Gasteiger partial charge in [-0.1, -0.05) is 6.42 Å². The molecule has 0 amide bonds. The van der Waals surface area contributed by atoms with Crippen molar-refractivity contribution in [3.8, 4) is 5.75 Å². The normalized spacial score (nSPS) is 15.6. The third kappa shape index (κ3) is 2.55. The number of hydrogen-bond donors (Lipinski definition) is 1. The smallest absolute Gasteiger partial charge is 0.336 e. The van der Waals surface area contributed by atoms with Crippen LogP contribution in [0, 0.1) is 5.92 Å². The highest BCUT2D eigenvalue weighted by molar-refractivity contribution is 9.10. The monoisotopic (exact) mass is 284 g/mol. The molecule has 0 bridgehead atoms. The van der Waals surface area contributed by atoms with E-state index in [1.807, 2.05) is 0 Å². The largest absolute Gasteiger partial charge is 0.493 e. The van der Waals surface area contributed by atoms with E-state index in [2.05, 4.69) is 15.9 Å². The minimum atomic E-state index is -0.933.